The minimum absolute atomic E-state index is 0.0332. The molecule has 3 unspecified atom stereocenters. The molecule has 1 amide bonds. The highest BCUT2D eigenvalue weighted by molar-refractivity contribution is 7.47. The third kappa shape index (κ3) is 37.5. The van der Waals surface area contributed by atoms with E-state index in [1.54, 1.807) is 6.08 Å². The molecular formula is C45H76N2O6P+. The summed E-state index contributed by atoms with van der Waals surface area (Å²) in [5.41, 5.74) is 0. The summed E-state index contributed by atoms with van der Waals surface area (Å²) >= 11 is 0. The topological polar surface area (TPSA) is 105 Å². The number of likely N-dealkylation sites (N-methyl/N-ethyl adjacent to an activating group) is 1. The zero-order valence-electron chi connectivity index (χ0n) is 34.4. The number of nitrogens with one attached hydrogen (secondary N) is 1. The van der Waals surface area contributed by atoms with Gasteiger partial charge in [-0.1, -0.05) is 136 Å². The Morgan fingerprint density at radius 3 is 1.61 bits per heavy atom. The van der Waals surface area contributed by atoms with Crippen molar-refractivity contribution in [3.8, 4) is 0 Å². The monoisotopic (exact) mass is 772 g/mol. The fourth-order valence-corrected chi connectivity index (χ4v) is 5.47. The predicted octanol–water partition coefficient (Wildman–Crippen LogP) is 11.0. The SMILES string of the molecule is CC/C=C\C/C=C\C/C=C\C/C=C\C/C=C\C/C=C\CCC(=O)NC(COP(=O)(O)OCC[N+](C)(C)C)C(O)/C=C/CC/C=C/CC/C=C/CCCCC. The standard InChI is InChI=1S/C45H75N2O6P/c1-6-8-10-12-14-16-18-20-21-22-23-24-25-27-29-31-33-35-37-39-45(49)46-43(42-53-54(50,51)52-41-40-47(3,4)5)44(48)38-36-34-32-30-28-26-19-17-15-13-11-9-7-2/h8,10,14-17,20-21,23-24,27-30,33,35-36,38,43-44,48H,6-7,9,11-13,18-19,22,25-26,31-32,34,37,39-42H2,1-5H3,(H-,46,49,50,51)/p+1/b10-8-,16-14-,17-15+,21-20-,24-23-,29-27-,30-28+,35-33-,38-36+. The van der Waals surface area contributed by atoms with E-state index in [0.717, 1.165) is 70.6 Å². The number of amides is 1. The van der Waals surface area contributed by atoms with Gasteiger partial charge in [0, 0.05) is 6.42 Å². The molecule has 3 N–H and O–H groups in total. The van der Waals surface area contributed by atoms with Crippen molar-refractivity contribution in [2.24, 2.45) is 0 Å². The number of rotatable bonds is 34. The van der Waals surface area contributed by atoms with Crippen molar-refractivity contribution in [3.05, 3.63) is 109 Å². The Balaban J connectivity index is 4.71. The van der Waals surface area contributed by atoms with Gasteiger partial charge in [-0.15, -0.1) is 0 Å². The quantitative estimate of drug-likeness (QED) is 0.0260. The van der Waals surface area contributed by atoms with Gasteiger partial charge in [-0.25, -0.2) is 4.57 Å². The van der Waals surface area contributed by atoms with E-state index in [9.17, 15) is 19.4 Å². The van der Waals surface area contributed by atoms with Crippen molar-refractivity contribution in [3.63, 3.8) is 0 Å². The molecule has 0 radical (unpaired) electrons. The van der Waals surface area contributed by atoms with E-state index >= 15 is 0 Å². The van der Waals surface area contributed by atoms with Gasteiger partial charge in [-0.2, -0.15) is 0 Å². The normalized spacial score (nSPS) is 15.6. The zero-order chi connectivity index (χ0) is 40.0. The highest BCUT2D eigenvalue weighted by Gasteiger charge is 2.27. The lowest BCUT2D eigenvalue weighted by atomic mass is 10.1. The van der Waals surface area contributed by atoms with E-state index in [1.165, 1.54) is 19.3 Å². The van der Waals surface area contributed by atoms with Crippen LogP contribution in [0, 0.1) is 0 Å². The van der Waals surface area contributed by atoms with Crippen molar-refractivity contribution >= 4 is 13.7 Å². The molecule has 0 aliphatic rings. The van der Waals surface area contributed by atoms with Crippen molar-refractivity contribution in [2.75, 3.05) is 40.9 Å². The second-order valence-corrected chi connectivity index (χ2v) is 15.7. The number of carbonyl (C=O) groups excluding carboxylic acids is 1. The molecule has 0 saturated heterocycles. The molecule has 0 spiro atoms. The van der Waals surface area contributed by atoms with E-state index in [0.29, 0.717) is 17.4 Å². The van der Waals surface area contributed by atoms with E-state index in [1.807, 2.05) is 39.4 Å². The molecule has 0 aliphatic carbocycles. The summed E-state index contributed by atoms with van der Waals surface area (Å²) in [7, 11) is 1.47. The molecular weight excluding hydrogens is 695 g/mol. The summed E-state index contributed by atoms with van der Waals surface area (Å²) in [6, 6.07) is -0.916. The zero-order valence-corrected chi connectivity index (χ0v) is 35.3. The van der Waals surface area contributed by atoms with E-state index in [4.69, 9.17) is 9.05 Å². The van der Waals surface area contributed by atoms with E-state index < -0.39 is 20.0 Å². The number of aliphatic hydroxyl groups is 1. The number of allylic oxidation sites excluding steroid dienone is 17. The number of hydrogen-bond acceptors (Lipinski definition) is 5. The van der Waals surface area contributed by atoms with Gasteiger partial charge in [0.25, 0.3) is 0 Å². The molecule has 0 fully saturated rings. The van der Waals surface area contributed by atoms with Crippen LogP contribution >= 0.6 is 7.82 Å². The Bertz CT molecular complexity index is 1240. The average molecular weight is 772 g/mol. The van der Waals surface area contributed by atoms with Crippen molar-refractivity contribution in [2.45, 2.75) is 129 Å². The van der Waals surface area contributed by atoms with E-state index in [2.05, 4.69) is 104 Å². The fraction of sp³-hybridized carbons (Fsp3) is 0.578. The number of hydrogen-bond donors (Lipinski definition) is 3. The summed E-state index contributed by atoms with van der Waals surface area (Å²) < 4.78 is 23.4. The number of unbranched alkanes of at least 4 members (excludes halogenated alkanes) is 5. The number of quaternary nitrogens is 1. The van der Waals surface area contributed by atoms with Gasteiger partial charge in [-0.3, -0.25) is 13.8 Å². The molecule has 8 nitrogen and oxygen atoms in total. The fourth-order valence-electron chi connectivity index (χ4n) is 4.74. The minimum Gasteiger partial charge on any atom is -0.387 e. The lowest BCUT2D eigenvalue weighted by Gasteiger charge is -2.25. The molecule has 0 aromatic rings. The summed E-state index contributed by atoms with van der Waals surface area (Å²) in [5.74, 6) is -0.281. The number of phosphoric acid groups is 1. The average Bonchev–Trinajstić information content (AvgIpc) is 3.12. The lowest BCUT2D eigenvalue weighted by molar-refractivity contribution is -0.870. The largest absolute Gasteiger partial charge is 0.472 e. The van der Waals surface area contributed by atoms with Crippen LogP contribution in [0.5, 0.6) is 0 Å². The molecule has 0 aliphatic heterocycles. The Labute approximate surface area is 330 Å². The van der Waals surface area contributed by atoms with Gasteiger partial charge in [0.2, 0.25) is 5.91 Å². The van der Waals surface area contributed by atoms with Gasteiger partial charge in [0.1, 0.15) is 13.2 Å². The third-order valence-electron chi connectivity index (χ3n) is 7.97. The van der Waals surface area contributed by atoms with E-state index in [-0.39, 0.29) is 25.5 Å². The van der Waals surface area contributed by atoms with Crippen LogP contribution in [0.3, 0.4) is 0 Å². The lowest BCUT2D eigenvalue weighted by Crippen LogP contribution is -2.45. The molecule has 9 heteroatoms. The molecule has 54 heavy (non-hydrogen) atoms. The predicted molar refractivity (Wildman–Crippen MR) is 230 cm³/mol. The number of carbonyl (C=O) groups is 1. The Hall–Kier alpha value is -2.84. The summed E-state index contributed by atoms with van der Waals surface area (Å²) in [4.78, 5) is 23.0. The Kier molecular flexibility index (Phi) is 34.0. The van der Waals surface area contributed by atoms with Crippen LogP contribution in [0.25, 0.3) is 0 Å². The van der Waals surface area contributed by atoms with Gasteiger partial charge in [-0.05, 0) is 83.5 Å². The van der Waals surface area contributed by atoms with Gasteiger partial charge >= 0.3 is 7.82 Å². The van der Waals surface area contributed by atoms with Crippen molar-refractivity contribution in [1.29, 1.82) is 0 Å². The van der Waals surface area contributed by atoms with Crippen LogP contribution in [0.4, 0.5) is 0 Å². The molecule has 0 heterocycles. The molecule has 0 aromatic heterocycles. The van der Waals surface area contributed by atoms with Crippen molar-refractivity contribution in [1.82, 2.24) is 5.32 Å². The number of nitrogens with zero attached hydrogens (tertiary/aromatic N) is 1. The maximum absolute atomic E-state index is 12.8. The first-order valence-electron chi connectivity index (χ1n) is 20.3. The van der Waals surface area contributed by atoms with Gasteiger partial charge in [0.05, 0.1) is 39.9 Å². The molecule has 0 saturated carbocycles. The molecule has 3 atom stereocenters. The smallest absolute Gasteiger partial charge is 0.387 e. The van der Waals surface area contributed by atoms with Crippen LogP contribution in [0.15, 0.2) is 109 Å². The summed E-state index contributed by atoms with van der Waals surface area (Å²) in [5, 5.41) is 13.7. The maximum Gasteiger partial charge on any atom is 0.472 e. The van der Waals surface area contributed by atoms with Crippen molar-refractivity contribution < 1.29 is 32.9 Å². The molecule has 0 bridgehead atoms. The first-order valence-corrected chi connectivity index (χ1v) is 21.8. The van der Waals surface area contributed by atoms with Gasteiger partial charge in [0.15, 0.2) is 0 Å². The molecule has 0 rings (SSSR count). The Morgan fingerprint density at radius 2 is 1.11 bits per heavy atom. The number of phosphoric ester groups is 1. The highest BCUT2D eigenvalue weighted by Crippen LogP contribution is 2.43. The van der Waals surface area contributed by atoms with Crippen LogP contribution in [-0.2, 0) is 18.4 Å². The second-order valence-electron chi connectivity index (χ2n) is 14.3. The van der Waals surface area contributed by atoms with Gasteiger partial charge < -0.3 is 19.8 Å². The first-order chi connectivity index (χ1) is 26.0. The first kappa shape index (κ1) is 51.2. The maximum atomic E-state index is 12.8. The summed E-state index contributed by atoms with van der Waals surface area (Å²) in [6.45, 7) is 4.53. The van der Waals surface area contributed by atoms with Crippen LogP contribution < -0.4 is 5.32 Å². The molecule has 0 aromatic carbocycles. The van der Waals surface area contributed by atoms with Crippen LogP contribution in [-0.4, -0.2) is 73.4 Å². The second kappa shape index (κ2) is 35.8. The van der Waals surface area contributed by atoms with Crippen LogP contribution in [0.2, 0.25) is 0 Å². The highest BCUT2D eigenvalue weighted by atomic mass is 31.2. The number of aliphatic hydroxyl groups excluding tert-OH is 1. The Morgan fingerprint density at radius 1 is 0.648 bits per heavy atom. The minimum atomic E-state index is -4.37. The summed E-state index contributed by atoms with van der Waals surface area (Å²) in [6.07, 6.45) is 51.7. The van der Waals surface area contributed by atoms with Crippen LogP contribution in [0.1, 0.15) is 117 Å². The third-order valence-corrected chi connectivity index (χ3v) is 8.95. The molecule has 306 valence electrons.